The third-order valence-corrected chi connectivity index (χ3v) is 2.95. The van der Waals surface area contributed by atoms with E-state index in [0.29, 0.717) is 17.4 Å². The molecule has 0 radical (unpaired) electrons. The highest BCUT2D eigenvalue weighted by Crippen LogP contribution is 2.17. The van der Waals surface area contributed by atoms with E-state index in [4.69, 9.17) is 0 Å². The minimum absolute atomic E-state index is 0.0648. The first kappa shape index (κ1) is 10.7. The number of sulfone groups is 1. The molecular formula is C10H10O3S. The van der Waals surface area contributed by atoms with E-state index in [1.165, 1.54) is 0 Å². The van der Waals surface area contributed by atoms with Crippen molar-refractivity contribution in [2.75, 3.05) is 6.26 Å². The summed E-state index contributed by atoms with van der Waals surface area (Å²) in [6.07, 6.45) is 1.80. The molecular weight excluding hydrogens is 200 g/mol. The molecule has 0 aliphatic rings. The number of benzene rings is 1. The van der Waals surface area contributed by atoms with Crippen LogP contribution >= 0.6 is 0 Å². The maximum Gasteiger partial charge on any atom is 0.175 e. The quantitative estimate of drug-likeness (QED) is 0.710. The van der Waals surface area contributed by atoms with E-state index in [1.54, 1.807) is 24.3 Å². The van der Waals surface area contributed by atoms with Crippen molar-refractivity contribution in [1.29, 1.82) is 0 Å². The monoisotopic (exact) mass is 210 g/mol. The van der Waals surface area contributed by atoms with Gasteiger partial charge in [-0.1, -0.05) is 30.8 Å². The molecule has 0 saturated carbocycles. The predicted molar refractivity (Wildman–Crippen MR) is 55.7 cm³/mol. The second-order valence-corrected chi connectivity index (χ2v) is 4.97. The Labute approximate surface area is 83.0 Å². The van der Waals surface area contributed by atoms with Crippen molar-refractivity contribution < 1.29 is 13.2 Å². The molecule has 0 aromatic heterocycles. The molecule has 1 rings (SSSR count). The molecule has 1 aromatic carbocycles. The van der Waals surface area contributed by atoms with Gasteiger partial charge < -0.3 is 0 Å². The van der Waals surface area contributed by atoms with Gasteiger partial charge in [0.2, 0.25) is 0 Å². The fraction of sp³-hybridized carbons (Fsp3) is 0.100. The normalized spacial score (nSPS) is 10.9. The van der Waals surface area contributed by atoms with Crippen LogP contribution in [-0.2, 0) is 9.84 Å². The lowest BCUT2D eigenvalue weighted by Gasteiger charge is -2.02. The number of aldehydes is 1. The summed E-state index contributed by atoms with van der Waals surface area (Å²) in [5.74, 6) is 0. The number of hydrogen-bond donors (Lipinski definition) is 0. The molecule has 0 N–H and O–H groups in total. The summed E-state index contributed by atoms with van der Waals surface area (Å²) in [6, 6.07) is 6.23. The highest BCUT2D eigenvalue weighted by Gasteiger charge is 2.10. The Morgan fingerprint density at radius 1 is 1.29 bits per heavy atom. The molecule has 0 atom stereocenters. The van der Waals surface area contributed by atoms with Crippen LogP contribution in [0.25, 0.3) is 4.91 Å². The van der Waals surface area contributed by atoms with E-state index in [0.717, 1.165) is 6.26 Å². The summed E-state index contributed by atoms with van der Waals surface area (Å²) in [7, 11) is -3.26. The van der Waals surface area contributed by atoms with Gasteiger partial charge in [0, 0.05) is 11.8 Å². The van der Waals surface area contributed by atoms with Crippen LogP contribution in [0.15, 0.2) is 30.8 Å². The van der Waals surface area contributed by atoms with Crippen LogP contribution < -0.4 is 0 Å². The molecule has 3 nitrogen and oxygen atoms in total. The van der Waals surface area contributed by atoms with Crippen molar-refractivity contribution in [2.24, 2.45) is 0 Å². The second kappa shape index (κ2) is 3.75. The molecule has 0 fully saturated rings. The largest absolute Gasteiger partial charge is 0.298 e. The minimum Gasteiger partial charge on any atom is -0.298 e. The fourth-order valence-corrected chi connectivity index (χ4v) is 1.53. The molecule has 0 amide bonds. The van der Waals surface area contributed by atoms with Crippen LogP contribution in [0, 0.1) is 0 Å². The van der Waals surface area contributed by atoms with Gasteiger partial charge in [-0.05, 0) is 5.56 Å². The first-order valence-electron chi connectivity index (χ1n) is 3.90. The second-order valence-electron chi connectivity index (χ2n) is 2.94. The van der Waals surface area contributed by atoms with Crippen LogP contribution in [0.2, 0.25) is 0 Å². The van der Waals surface area contributed by atoms with Crippen molar-refractivity contribution in [2.45, 2.75) is 0 Å². The maximum absolute atomic E-state index is 11.1. The summed E-state index contributed by atoms with van der Waals surface area (Å²) in [4.78, 5) is 10.4. The fourth-order valence-electron chi connectivity index (χ4n) is 0.962. The molecule has 1 aromatic rings. The Kier molecular flexibility index (Phi) is 2.86. The lowest BCUT2D eigenvalue weighted by Crippen LogP contribution is -1.98. The number of carbonyl (C=O) groups excluding carboxylic acids is 1. The highest BCUT2D eigenvalue weighted by molar-refractivity contribution is 7.99. The van der Waals surface area contributed by atoms with E-state index in [1.807, 2.05) is 0 Å². The Balaban J connectivity index is 3.11. The summed E-state index contributed by atoms with van der Waals surface area (Å²) < 4.78 is 22.2. The topological polar surface area (TPSA) is 51.2 Å². The molecule has 0 aliphatic carbocycles. The van der Waals surface area contributed by atoms with E-state index >= 15 is 0 Å². The van der Waals surface area contributed by atoms with Crippen molar-refractivity contribution in [3.8, 4) is 0 Å². The van der Waals surface area contributed by atoms with E-state index in [-0.39, 0.29) is 4.91 Å². The Hall–Kier alpha value is -1.42. The zero-order valence-electron chi connectivity index (χ0n) is 7.73. The third-order valence-electron chi connectivity index (χ3n) is 1.82. The first-order chi connectivity index (χ1) is 6.45. The smallest absolute Gasteiger partial charge is 0.175 e. The van der Waals surface area contributed by atoms with Crippen LogP contribution in [0.5, 0.6) is 0 Å². The summed E-state index contributed by atoms with van der Waals surface area (Å²) in [6.45, 7) is 3.48. The molecule has 0 spiro atoms. The Morgan fingerprint density at radius 3 is 2.14 bits per heavy atom. The van der Waals surface area contributed by atoms with E-state index in [2.05, 4.69) is 6.58 Å². The van der Waals surface area contributed by atoms with Crippen LogP contribution in [0.4, 0.5) is 0 Å². The lowest BCUT2D eigenvalue weighted by atomic mass is 10.1. The van der Waals surface area contributed by atoms with Gasteiger partial charge in [0.05, 0.1) is 4.91 Å². The maximum atomic E-state index is 11.1. The van der Waals surface area contributed by atoms with E-state index in [9.17, 15) is 13.2 Å². The van der Waals surface area contributed by atoms with Crippen molar-refractivity contribution in [1.82, 2.24) is 0 Å². The van der Waals surface area contributed by atoms with Gasteiger partial charge in [0.25, 0.3) is 0 Å². The average Bonchev–Trinajstić information content (AvgIpc) is 2.15. The molecule has 4 heteroatoms. The molecule has 0 heterocycles. The first-order valence-corrected chi connectivity index (χ1v) is 5.79. The van der Waals surface area contributed by atoms with Gasteiger partial charge in [-0.25, -0.2) is 8.42 Å². The Bertz CT molecular complexity index is 455. The average molecular weight is 210 g/mol. The standard InChI is InChI=1S/C10H10O3S/c1-8(14(2,12)13)10-5-3-9(7-11)4-6-10/h3-7H,1H2,2H3. The van der Waals surface area contributed by atoms with Crippen LogP contribution in [0.1, 0.15) is 15.9 Å². The molecule has 0 bridgehead atoms. The van der Waals surface area contributed by atoms with Gasteiger partial charge in [-0.15, -0.1) is 0 Å². The Morgan fingerprint density at radius 2 is 1.79 bits per heavy atom. The summed E-state index contributed by atoms with van der Waals surface area (Å²) in [5.41, 5.74) is 1.02. The third kappa shape index (κ3) is 2.29. The van der Waals surface area contributed by atoms with Gasteiger partial charge >= 0.3 is 0 Å². The van der Waals surface area contributed by atoms with Crippen LogP contribution in [0.3, 0.4) is 0 Å². The van der Waals surface area contributed by atoms with Crippen LogP contribution in [-0.4, -0.2) is 21.0 Å². The van der Waals surface area contributed by atoms with Gasteiger partial charge in [-0.2, -0.15) is 0 Å². The lowest BCUT2D eigenvalue weighted by molar-refractivity contribution is 0.112. The van der Waals surface area contributed by atoms with Crippen molar-refractivity contribution in [3.05, 3.63) is 42.0 Å². The number of rotatable bonds is 3. The van der Waals surface area contributed by atoms with Gasteiger partial charge in [0.1, 0.15) is 6.29 Å². The molecule has 0 saturated heterocycles. The van der Waals surface area contributed by atoms with Gasteiger partial charge in [0.15, 0.2) is 9.84 Å². The summed E-state index contributed by atoms with van der Waals surface area (Å²) in [5, 5.41) is 0. The predicted octanol–water partition coefficient (Wildman–Crippen LogP) is 1.51. The molecule has 0 aliphatic heterocycles. The minimum atomic E-state index is -3.26. The zero-order chi connectivity index (χ0) is 10.8. The van der Waals surface area contributed by atoms with Crippen molar-refractivity contribution >= 4 is 21.0 Å². The molecule has 0 unspecified atom stereocenters. The number of hydrogen-bond acceptors (Lipinski definition) is 3. The number of carbonyl (C=O) groups is 1. The summed E-state index contributed by atoms with van der Waals surface area (Å²) >= 11 is 0. The molecule has 14 heavy (non-hydrogen) atoms. The zero-order valence-corrected chi connectivity index (χ0v) is 8.54. The molecule has 74 valence electrons. The highest BCUT2D eigenvalue weighted by atomic mass is 32.2. The van der Waals surface area contributed by atoms with E-state index < -0.39 is 9.84 Å². The van der Waals surface area contributed by atoms with Crippen molar-refractivity contribution in [3.63, 3.8) is 0 Å². The van der Waals surface area contributed by atoms with Gasteiger partial charge in [-0.3, -0.25) is 4.79 Å². The SMILES string of the molecule is C=C(c1ccc(C=O)cc1)S(C)(=O)=O.